The highest BCUT2D eigenvalue weighted by molar-refractivity contribution is 6.43. The summed E-state index contributed by atoms with van der Waals surface area (Å²) >= 11 is 0. The normalized spacial score (nSPS) is 25.2. The van der Waals surface area contributed by atoms with Crippen molar-refractivity contribution in [2.24, 2.45) is 23.7 Å². The van der Waals surface area contributed by atoms with Crippen molar-refractivity contribution in [2.75, 3.05) is 6.54 Å². The average molecular weight is 555 g/mol. The van der Waals surface area contributed by atoms with Gasteiger partial charge in [-0.2, -0.15) is 0 Å². The van der Waals surface area contributed by atoms with Crippen LogP contribution in [0.3, 0.4) is 0 Å². The number of carbonyl (C=O) groups excluding carboxylic acids is 2. The summed E-state index contributed by atoms with van der Waals surface area (Å²) in [5, 5.41) is 28.9. The minimum absolute atomic E-state index is 0.0830. The van der Waals surface area contributed by atoms with Crippen LogP contribution < -0.4 is 0 Å². The van der Waals surface area contributed by atoms with Crippen LogP contribution in [0.5, 0.6) is 0 Å². The molecular weight excluding hydrogens is 513 g/mol. The van der Waals surface area contributed by atoms with E-state index in [1.165, 1.54) is 4.90 Å². The Hall–Kier alpha value is -2.69. The Labute approximate surface area is 236 Å². The smallest absolute Gasteiger partial charge is 0.455 e. The number of carbonyl (C=O) groups is 3. The van der Waals surface area contributed by atoms with E-state index in [1.54, 1.807) is 6.07 Å². The second-order valence-electron chi connectivity index (χ2n) is 11.6. The summed E-state index contributed by atoms with van der Waals surface area (Å²) in [6.45, 7) is 6.44. The fourth-order valence-electron chi connectivity index (χ4n) is 6.68. The number of unbranched alkanes of at least 4 members (excludes halogenated alkanes) is 2. The summed E-state index contributed by atoms with van der Waals surface area (Å²) in [4.78, 5) is 39.3. The summed E-state index contributed by atoms with van der Waals surface area (Å²) in [6, 6.07) is 3.58. The Bertz CT molecular complexity index is 1150. The van der Waals surface area contributed by atoms with Crippen LogP contribution in [0.4, 0.5) is 0 Å². The molecule has 3 aliphatic rings. The van der Waals surface area contributed by atoms with Crippen molar-refractivity contribution in [3.63, 3.8) is 0 Å². The number of fused-ring (bicyclic) bond motifs is 3. The molecule has 4 atom stereocenters. The number of allylic oxidation sites excluding steroid dienone is 2. The van der Waals surface area contributed by atoms with Gasteiger partial charge >= 0.3 is 13.1 Å². The Kier molecular flexibility index (Phi) is 10.1. The van der Waals surface area contributed by atoms with Crippen LogP contribution in [0.15, 0.2) is 33.3 Å². The van der Waals surface area contributed by atoms with Crippen LogP contribution in [0.25, 0.3) is 6.08 Å². The molecule has 0 spiro atoms. The molecule has 3 heterocycles. The highest BCUT2D eigenvalue weighted by atomic mass is 16.5. The SMILES string of the molecule is CC/C(=C\c1ccc(CO)o1)CC[C@H]1OB(O)C[C@H]2C1=C(C(C)C)C[C@H]1C(=O)N(CCCCCC(=O)O)C(=O)[C@H]12. The quantitative estimate of drug-likeness (QED) is 0.141. The van der Waals surface area contributed by atoms with Gasteiger partial charge in [-0.1, -0.05) is 38.3 Å². The number of aliphatic carboxylic acids is 1. The third-order valence-corrected chi connectivity index (χ3v) is 8.67. The van der Waals surface area contributed by atoms with Gasteiger partial charge in [-0.05, 0) is 80.5 Å². The van der Waals surface area contributed by atoms with Gasteiger partial charge in [0.05, 0.1) is 17.9 Å². The van der Waals surface area contributed by atoms with Gasteiger partial charge < -0.3 is 24.3 Å². The molecule has 10 heteroatoms. The molecule has 0 bridgehead atoms. The highest BCUT2D eigenvalue weighted by Gasteiger charge is 2.57. The molecule has 0 aromatic carbocycles. The Balaban J connectivity index is 1.52. The van der Waals surface area contributed by atoms with Crippen LogP contribution in [0, 0.1) is 23.7 Å². The third-order valence-electron chi connectivity index (χ3n) is 8.67. The molecule has 4 rings (SSSR count). The van der Waals surface area contributed by atoms with Crippen LogP contribution in [0.2, 0.25) is 6.32 Å². The van der Waals surface area contributed by atoms with E-state index < -0.39 is 24.9 Å². The topological polar surface area (TPSA) is 138 Å². The summed E-state index contributed by atoms with van der Waals surface area (Å²) in [6.07, 6.45) is 6.45. The van der Waals surface area contributed by atoms with Crippen molar-refractivity contribution in [3.05, 3.63) is 40.4 Å². The molecule has 1 aliphatic carbocycles. The Morgan fingerprint density at radius 2 is 1.93 bits per heavy atom. The van der Waals surface area contributed by atoms with E-state index in [9.17, 15) is 24.5 Å². The number of aliphatic hydroxyl groups excluding tert-OH is 1. The second kappa shape index (κ2) is 13.3. The van der Waals surface area contributed by atoms with Gasteiger partial charge in [0.25, 0.3) is 0 Å². The summed E-state index contributed by atoms with van der Waals surface area (Å²) in [5.74, 6) is -0.941. The standard InChI is InChI=1S/C30H42BNO8/c1-4-19(14-20-10-11-21(17-33)39-20)9-12-25-27-22(18(2)3)15-23-28(24(27)16-31(38)40-25)30(37)32(29(23)36)13-7-5-6-8-26(34)35/h10-11,14,18,23-25,28,33,38H,4-9,12-13,15-17H2,1-3H3,(H,34,35)/b19-14+/t23-,24+,25-,28-/m1/s1. The monoisotopic (exact) mass is 555 g/mol. The van der Waals surface area contributed by atoms with Crippen molar-refractivity contribution >= 4 is 31.0 Å². The van der Waals surface area contributed by atoms with E-state index in [4.69, 9.17) is 14.2 Å². The Morgan fingerprint density at radius 1 is 1.15 bits per heavy atom. The van der Waals surface area contributed by atoms with Crippen molar-refractivity contribution in [1.29, 1.82) is 0 Å². The molecule has 1 aromatic heterocycles. The van der Waals surface area contributed by atoms with Crippen LogP contribution in [-0.2, 0) is 25.6 Å². The number of rotatable bonds is 13. The number of likely N-dealkylation sites (tertiary alicyclic amines) is 1. The first-order valence-electron chi connectivity index (χ1n) is 14.7. The molecule has 2 fully saturated rings. The predicted octanol–water partition coefficient (Wildman–Crippen LogP) is 4.44. The van der Waals surface area contributed by atoms with Gasteiger partial charge in [0, 0.05) is 13.0 Å². The third kappa shape index (κ3) is 6.61. The first-order valence-corrected chi connectivity index (χ1v) is 14.7. The van der Waals surface area contributed by atoms with Crippen LogP contribution in [0.1, 0.15) is 83.7 Å². The largest absolute Gasteiger partial charge is 0.481 e. The summed E-state index contributed by atoms with van der Waals surface area (Å²) in [7, 11) is -1.01. The predicted molar refractivity (Wildman–Crippen MR) is 150 cm³/mol. The minimum Gasteiger partial charge on any atom is -0.481 e. The van der Waals surface area contributed by atoms with E-state index in [1.807, 2.05) is 12.1 Å². The van der Waals surface area contributed by atoms with E-state index in [0.29, 0.717) is 62.9 Å². The number of amides is 2. The zero-order valence-electron chi connectivity index (χ0n) is 23.8. The molecule has 2 saturated heterocycles. The number of imide groups is 1. The zero-order chi connectivity index (χ0) is 29.0. The molecule has 2 amide bonds. The lowest BCUT2D eigenvalue weighted by Gasteiger charge is -2.44. The fourth-order valence-corrected chi connectivity index (χ4v) is 6.68. The maximum absolute atomic E-state index is 13.6. The van der Waals surface area contributed by atoms with Gasteiger partial charge in [-0.15, -0.1) is 0 Å². The van der Waals surface area contributed by atoms with E-state index in [2.05, 4.69) is 20.8 Å². The first-order chi connectivity index (χ1) is 19.1. The van der Waals surface area contributed by atoms with Gasteiger partial charge in [-0.25, -0.2) is 0 Å². The number of hydrogen-bond acceptors (Lipinski definition) is 7. The van der Waals surface area contributed by atoms with Crippen molar-refractivity contribution < 1.29 is 38.7 Å². The molecular formula is C30H42BNO8. The number of carboxylic acid groups (broad SMARTS) is 1. The number of hydrogen-bond donors (Lipinski definition) is 3. The Morgan fingerprint density at radius 3 is 2.58 bits per heavy atom. The van der Waals surface area contributed by atoms with Crippen LogP contribution >= 0.6 is 0 Å². The molecule has 0 saturated carbocycles. The second-order valence-corrected chi connectivity index (χ2v) is 11.6. The number of carboxylic acids is 1. The first kappa shape index (κ1) is 30.3. The van der Waals surface area contributed by atoms with Crippen molar-refractivity contribution in [1.82, 2.24) is 4.90 Å². The maximum Gasteiger partial charge on any atom is 0.455 e. The molecule has 3 N–H and O–H groups in total. The lowest BCUT2D eigenvalue weighted by atomic mass is 9.57. The average Bonchev–Trinajstić information content (AvgIpc) is 3.47. The number of furan rings is 1. The fraction of sp³-hybridized carbons (Fsp3) is 0.633. The van der Waals surface area contributed by atoms with Gasteiger partial charge in [0.1, 0.15) is 18.1 Å². The van der Waals surface area contributed by atoms with E-state index in [0.717, 1.165) is 23.1 Å². The minimum atomic E-state index is -1.01. The molecule has 1 aromatic rings. The van der Waals surface area contributed by atoms with Crippen LogP contribution in [-0.4, -0.2) is 57.7 Å². The molecule has 2 aliphatic heterocycles. The lowest BCUT2D eigenvalue weighted by Crippen LogP contribution is -2.46. The summed E-state index contributed by atoms with van der Waals surface area (Å²) in [5.41, 5.74) is 3.40. The van der Waals surface area contributed by atoms with E-state index >= 15 is 0 Å². The highest BCUT2D eigenvalue weighted by Crippen LogP contribution is 2.52. The van der Waals surface area contributed by atoms with Crippen molar-refractivity contribution in [2.45, 2.75) is 91.2 Å². The molecule has 0 radical (unpaired) electrons. The zero-order valence-corrected chi connectivity index (χ0v) is 23.8. The molecule has 9 nitrogen and oxygen atoms in total. The molecule has 218 valence electrons. The lowest BCUT2D eigenvalue weighted by molar-refractivity contribution is -0.141. The number of nitrogens with zero attached hydrogens (tertiary/aromatic N) is 1. The van der Waals surface area contributed by atoms with Crippen molar-refractivity contribution in [3.8, 4) is 0 Å². The van der Waals surface area contributed by atoms with Gasteiger partial charge in [0.15, 0.2) is 0 Å². The van der Waals surface area contributed by atoms with E-state index in [-0.39, 0.29) is 42.8 Å². The summed E-state index contributed by atoms with van der Waals surface area (Å²) < 4.78 is 11.7. The number of aliphatic hydroxyl groups is 1. The van der Waals surface area contributed by atoms with Gasteiger partial charge in [-0.3, -0.25) is 19.3 Å². The molecule has 40 heavy (non-hydrogen) atoms. The molecule has 0 unspecified atom stereocenters. The maximum atomic E-state index is 13.6. The van der Waals surface area contributed by atoms with Gasteiger partial charge in [0.2, 0.25) is 11.8 Å².